The van der Waals surface area contributed by atoms with Gasteiger partial charge in [-0.3, -0.25) is 0 Å². The van der Waals surface area contributed by atoms with Crippen LogP contribution in [0.25, 0.3) is 10.4 Å². The summed E-state index contributed by atoms with van der Waals surface area (Å²) in [5, 5.41) is 6.23. The molecule has 1 aliphatic carbocycles. The average molecular weight is 212 g/mol. The second-order valence-electron chi connectivity index (χ2n) is 4.73. The molecule has 1 amide bonds. The van der Waals surface area contributed by atoms with Crippen LogP contribution in [0.3, 0.4) is 0 Å². The van der Waals surface area contributed by atoms with Crippen LogP contribution < -0.4 is 5.32 Å². The van der Waals surface area contributed by atoms with E-state index in [-0.39, 0.29) is 17.7 Å². The molecule has 0 spiro atoms. The molecule has 0 saturated heterocycles. The normalized spacial score (nSPS) is 24.7. The maximum Gasteiger partial charge on any atom is 0.407 e. The zero-order chi connectivity index (χ0) is 11.5. The first-order valence-corrected chi connectivity index (χ1v) is 4.94. The molecule has 0 heterocycles. The summed E-state index contributed by atoms with van der Waals surface area (Å²) in [6.07, 6.45) is 0.734. The van der Waals surface area contributed by atoms with Crippen LogP contribution in [0, 0.1) is 0 Å². The van der Waals surface area contributed by atoms with Gasteiger partial charge in [0, 0.05) is 16.5 Å². The number of hydrogen-bond acceptors (Lipinski definition) is 3. The van der Waals surface area contributed by atoms with Gasteiger partial charge >= 0.3 is 6.09 Å². The van der Waals surface area contributed by atoms with E-state index >= 15 is 0 Å². The zero-order valence-electron chi connectivity index (χ0n) is 9.23. The van der Waals surface area contributed by atoms with Gasteiger partial charge in [0.05, 0.1) is 0 Å². The lowest BCUT2D eigenvalue weighted by Crippen LogP contribution is -2.45. The van der Waals surface area contributed by atoms with Gasteiger partial charge in [0.15, 0.2) is 0 Å². The van der Waals surface area contributed by atoms with Crippen LogP contribution in [0.4, 0.5) is 4.79 Å². The number of hydrogen-bond donors (Lipinski definition) is 1. The van der Waals surface area contributed by atoms with Gasteiger partial charge in [0.1, 0.15) is 6.10 Å². The molecule has 6 nitrogen and oxygen atoms in total. The van der Waals surface area contributed by atoms with Crippen molar-refractivity contribution >= 4 is 6.09 Å². The number of alkyl carbamates (subject to hydrolysis) is 1. The van der Waals surface area contributed by atoms with Crippen LogP contribution in [0.15, 0.2) is 5.11 Å². The second kappa shape index (κ2) is 4.40. The van der Waals surface area contributed by atoms with Crippen molar-refractivity contribution < 1.29 is 9.53 Å². The molecule has 1 aliphatic rings. The molecule has 0 bridgehead atoms. The van der Waals surface area contributed by atoms with Gasteiger partial charge < -0.3 is 10.1 Å². The highest BCUT2D eigenvalue weighted by atomic mass is 16.6. The molecule has 1 N–H and O–H groups in total. The third-order valence-corrected chi connectivity index (χ3v) is 2.04. The van der Waals surface area contributed by atoms with Crippen LogP contribution in [0.1, 0.15) is 33.6 Å². The van der Waals surface area contributed by atoms with Gasteiger partial charge in [-0.25, -0.2) is 4.79 Å². The predicted octanol–water partition coefficient (Wildman–Crippen LogP) is 2.35. The monoisotopic (exact) mass is 212 g/mol. The van der Waals surface area contributed by atoms with Crippen LogP contribution in [-0.4, -0.2) is 23.8 Å². The summed E-state index contributed by atoms with van der Waals surface area (Å²) in [6.45, 7) is 5.66. The highest BCUT2D eigenvalue weighted by molar-refractivity contribution is 5.68. The molecule has 0 atom stereocenters. The minimum atomic E-state index is -0.410. The van der Waals surface area contributed by atoms with E-state index < -0.39 is 6.09 Å². The van der Waals surface area contributed by atoms with E-state index in [1.165, 1.54) is 0 Å². The molecule has 0 unspecified atom stereocenters. The molecule has 15 heavy (non-hydrogen) atoms. The first-order chi connectivity index (χ1) is 6.90. The molecule has 84 valence electrons. The summed E-state index contributed by atoms with van der Waals surface area (Å²) in [7, 11) is 0. The van der Waals surface area contributed by atoms with Crippen LogP contribution in [0.5, 0.6) is 0 Å². The minimum Gasteiger partial charge on any atom is -0.446 e. The first-order valence-electron chi connectivity index (χ1n) is 4.94. The van der Waals surface area contributed by atoms with Crippen LogP contribution >= 0.6 is 0 Å². The molecule has 1 fully saturated rings. The molecule has 0 aromatic carbocycles. The fraction of sp³-hybridized carbons (Fsp3) is 0.889. The first kappa shape index (κ1) is 11.7. The number of ether oxygens (including phenoxy) is 1. The van der Waals surface area contributed by atoms with Crippen molar-refractivity contribution in [2.75, 3.05) is 0 Å². The average Bonchev–Trinajstić information content (AvgIpc) is 1.97. The van der Waals surface area contributed by atoms with E-state index in [1.807, 2.05) is 20.8 Å². The summed E-state index contributed by atoms with van der Waals surface area (Å²) in [4.78, 5) is 14.0. The van der Waals surface area contributed by atoms with E-state index in [2.05, 4.69) is 15.3 Å². The lowest BCUT2D eigenvalue weighted by molar-refractivity contribution is 0.0376. The second-order valence-corrected chi connectivity index (χ2v) is 4.73. The molecule has 0 aromatic heterocycles. The summed E-state index contributed by atoms with van der Waals surface area (Å²) >= 11 is 0. The van der Waals surface area contributed by atoms with Crippen molar-refractivity contribution in [2.24, 2.45) is 5.11 Å². The van der Waals surface area contributed by atoms with Gasteiger partial charge in [0.25, 0.3) is 0 Å². The SMILES string of the molecule is CC(C)(C)NC(=O)OC1CC(N=[N+]=[N-])C1. The minimum absolute atomic E-state index is 0.0116. The van der Waals surface area contributed by atoms with E-state index in [0.717, 1.165) is 0 Å². The van der Waals surface area contributed by atoms with Gasteiger partial charge in [-0.1, -0.05) is 5.11 Å². The fourth-order valence-corrected chi connectivity index (χ4v) is 1.29. The smallest absolute Gasteiger partial charge is 0.407 e. The Bertz CT molecular complexity index is 285. The quantitative estimate of drug-likeness (QED) is 0.432. The van der Waals surface area contributed by atoms with Gasteiger partial charge in [-0.05, 0) is 39.1 Å². The Balaban J connectivity index is 2.22. The Kier molecular flexibility index (Phi) is 3.42. The summed E-state index contributed by atoms with van der Waals surface area (Å²) in [5.74, 6) is 0. The number of nitrogens with one attached hydrogen (secondary N) is 1. The van der Waals surface area contributed by atoms with E-state index in [1.54, 1.807) is 0 Å². The molecule has 0 aliphatic heterocycles. The van der Waals surface area contributed by atoms with Crippen LogP contribution in [0.2, 0.25) is 0 Å². The maximum absolute atomic E-state index is 11.3. The third kappa shape index (κ3) is 4.08. The lowest BCUT2D eigenvalue weighted by atomic mass is 9.90. The van der Waals surface area contributed by atoms with Gasteiger partial charge in [-0.15, -0.1) is 0 Å². The number of carbonyl (C=O) groups is 1. The number of nitrogens with zero attached hydrogens (tertiary/aromatic N) is 3. The Hall–Kier alpha value is -1.42. The summed E-state index contributed by atoms with van der Waals surface area (Å²) < 4.78 is 5.11. The van der Waals surface area contributed by atoms with Crippen molar-refractivity contribution in [3.63, 3.8) is 0 Å². The Morgan fingerprint density at radius 2 is 2.13 bits per heavy atom. The van der Waals surface area contributed by atoms with E-state index in [0.29, 0.717) is 12.8 Å². The topological polar surface area (TPSA) is 87.1 Å². The number of amides is 1. The van der Waals surface area contributed by atoms with E-state index in [9.17, 15) is 4.79 Å². The molecule has 1 rings (SSSR count). The number of carbonyl (C=O) groups excluding carboxylic acids is 1. The number of rotatable bonds is 2. The third-order valence-electron chi connectivity index (χ3n) is 2.04. The van der Waals surface area contributed by atoms with Crippen molar-refractivity contribution in [3.8, 4) is 0 Å². The van der Waals surface area contributed by atoms with Crippen molar-refractivity contribution in [1.82, 2.24) is 5.32 Å². The van der Waals surface area contributed by atoms with Crippen molar-refractivity contribution in [1.29, 1.82) is 0 Å². The molecular weight excluding hydrogens is 196 g/mol. The largest absolute Gasteiger partial charge is 0.446 e. The highest BCUT2D eigenvalue weighted by Crippen LogP contribution is 2.26. The molecule has 6 heteroatoms. The Morgan fingerprint density at radius 3 is 2.60 bits per heavy atom. The maximum atomic E-state index is 11.3. The standard InChI is InChI=1S/C9H16N4O2/c1-9(2,3)11-8(14)15-7-4-6(5-7)12-13-10/h6-7H,4-5H2,1-3H3,(H,11,14). The van der Waals surface area contributed by atoms with Crippen molar-refractivity contribution in [2.45, 2.75) is 51.3 Å². The molecular formula is C9H16N4O2. The predicted molar refractivity (Wildman–Crippen MR) is 55.3 cm³/mol. The zero-order valence-corrected chi connectivity index (χ0v) is 9.23. The molecule has 0 radical (unpaired) electrons. The number of azide groups is 1. The fourth-order valence-electron chi connectivity index (χ4n) is 1.29. The van der Waals surface area contributed by atoms with Crippen LogP contribution in [-0.2, 0) is 4.74 Å². The lowest BCUT2D eigenvalue weighted by Gasteiger charge is -2.32. The van der Waals surface area contributed by atoms with Gasteiger partial charge in [-0.2, -0.15) is 0 Å². The van der Waals surface area contributed by atoms with Crippen molar-refractivity contribution in [3.05, 3.63) is 10.4 Å². The van der Waals surface area contributed by atoms with E-state index in [4.69, 9.17) is 10.3 Å². The molecule has 1 saturated carbocycles. The van der Waals surface area contributed by atoms with Gasteiger partial charge in [0.2, 0.25) is 0 Å². The Labute approximate surface area is 88.6 Å². The summed E-state index contributed by atoms with van der Waals surface area (Å²) in [6, 6.07) is -0.0116. The molecule has 0 aromatic rings. The Morgan fingerprint density at radius 1 is 1.53 bits per heavy atom. The highest BCUT2D eigenvalue weighted by Gasteiger charge is 2.32. The summed E-state index contributed by atoms with van der Waals surface area (Å²) in [5.41, 5.74) is 7.87.